The number of halogens is 1. The van der Waals surface area contributed by atoms with E-state index in [1.807, 2.05) is 6.07 Å². The van der Waals surface area contributed by atoms with Crippen LogP contribution in [0.2, 0.25) is 0 Å². The van der Waals surface area contributed by atoms with E-state index in [9.17, 15) is 8.42 Å². The van der Waals surface area contributed by atoms with Crippen LogP contribution in [0.3, 0.4) is 0 Å². The number of nitrogens with zero attached hydrogens (tertiary/aromatic N) is 1. The molecule has 0 unspecified atom stereocenters. The average molecular weight is 388 g/mol. The molecule has 2 rings (SSSR count). The lowest BCUT2D eigenvalue weighted by Crippen LogP contribution is -2.42. The summed E-state index contributed by atoms with van der Waals surface area (Å²) in [7, 11) is -1.27. The van der Waals surface area contributed by atoms with Crippen molar-refractivity contribution < 1.29 is 8.42 Å². The average Bonchev–Trinajstić information content (AvgIpc) is 3.22. The Bertz CT molecular complexity index is 655. The molecule has 1 aliphatic rings. The first-order valence-corrected chi connectivity index (χ1v) is 10.1. The normalized spacial score (nSPS) is 17.1. The zero-order valence-electron chi connectivity index (χ0n) is 12.9. The van der Waals surface area contributed by atoms with Gasteiger partial charge < -0.3 is 10.6 Å². The van der Waals surface area contributed by atoms with Crippen LogP contribution in [0.4, 0.5) is 0 Å². The summed E-state index contributed by atoms with van der Waals surface area (Å²) in [5, 5.41) is 6.34. The highest BCUT2D eigenvalue weighted by Gasteiger charge is 2.44. The van der Waals surface area contributed by atoms with Crippen molar-refractivity contribution in [3.05, 3.63) is 34.3 Å². The van der Waals surface area contributed by atoms with E-state index in [0.717, 1.165) is 23.9 Å². The minimum absolute atomic E-state index is 0.102. The van der Waals surface area contributed by atoms with Crippen molar-refractivity contribution in [3.63, 3.8) is 0 Å². The topological polar surface area (TPSA) is 70.6 Å². The number of hydrogen-bond donors (Lipinski definition) is 2. The first-order chi connectivity index (χ1) is 10.3. The van der Waals surface area contributed by atoms with E-state index >= 15 is 0 Å². The SMILES string of the molecule is CN=C(NCCS(C)(=O)=O)NCC1(c2cccc(Br)c2)CC1. The van der Waals surface area contributed by atoms with Crippen LogP contribution in [-0.2, 0) is 15.3 Å². The fraction of sp³-hybridized carbons (Fsp3) is 0.533. The smallest absolute Gasteiger partial charge is 0.191 e. The number of rotatable bonds is 6. The Labute approximate surface area is 140 Å². The van der Waals surface area contributed by atoms with Gasteiger partial charge in [-0.15, -0.1) is 0 Å². The van der Waals surface area contributed by atoms with Crippen LogP contribution < -0.4 is 10.6 Å². The Morgan fingerprint density at radius 1 is 1.36 bits per heavy atom. The number of guanidine groups is 1. The van der Waals surface area contributed by atoms with Crippen molar-refractivity contribution in [1.82, 2.24) is 10.6 Å². The van der Waals surface area contributed by atoms with Crippen molar-refractivity contribution in [1.29, 1.82) is 0 Å². The molecule has 1 fully saturated rings. The lowest BCUT2D eigenvalue weighted by molar-refractivity contribution is 0.599. The molecule has 5 nitrogen and oxygen atoms in total. The fourth-order valence-corrected chi connectivity index (χ4v) is 3.24. The van der Waals surface area contributed by atoms with Crippen LogP contribution in [-0.4, -0.2) is 46.5 Å². The first kappa shape index (κ1) is 17.3. The largest absolute Gasteiger partial charge is 0.356 e. The van der Waals surface area contributed by atoms with Gasteiger partial charge in [-0.1, -0.05) is 28.1 Å². The molecule has 1 saturated carbocycles. The number of hydrogen-bond acceptors (Lipinski definition) is 3. The molecule has 7 heteroatoms. The highest BCUT2D eigenvalue weighted by Crippen LogP contribution is 2.48. The summed E-state index contributed by atoms with van der Waals surface area (Å²) < 4.78 is 23.4. The Morgan fingerprint density at radius 3 is 2.64 bits per heavy atom. The Balaban J connectivity index is 1.88. The van der Waals surface area contributed by atoms with E-state index in [4.69, 9.17) is 0 Å². The van der Waals surface area contributed by atoms with Crippen LogP contribution in [0.1, 0.15) is 18.4 Å². The number of benzene rings is 1. The molecule has 0 aromatic heterocycles. The molecule has 1 aromatic rings. The van der Waals surface area contributed by atoms with Crippen LogP contribution in [0, 0.1) is 0 Å². The molecule has 22 heavy (non-hydrogen) atoms. The van der Waals surface area contributed by atoms with E-state index in [0.29, 0.717) is 12.5 Å². The predicted molar refractivity (Wildman–Crippen MR) is 94.1 cm³/mol. The molecule has 0 spiro atoms. The number of aliphatic imine (C=N–C) groups is 1. The quantitative estimate of drug-likeness (QED) is 0.575. The van der Waals surface area contributed by atoms with Gasteiger partial charge in [-0.2, -0.15) is 0 Å². The summed E-state index contributed by atoms with van der Waals surface area (Å²) in [6.07, 6.45) is 3.53. The minimum Gasteiger partial charge on any atom is -0.356 e. The van der Waals surface area contributed by atoms with Crippen LogP contribution in [0.15, 0.2) is 33.7 Å². The fourth-order valence-electron chi connectivity index (χ4n) is 2.37. The Morgan fingerprint density at radius 2 is 2.09 bits per heavy atom. The molecule has 0 amide bonds. The van der Waals surface area contributed by atoms with E-state index < -0.39 is 9.84 Å². The third-order valence-electron chi connectivity index (χ3n) is 3.87. The summed E-state index contributed by atoms with van der Waals surface area (Å²) in [5.41, 5.74) is 1.49. The lowest BCUT2D eigenvalue weighted by atomic mass is 9.96. The monoisotopic (exact) mass is 387 g/mol. The minimum atomic E-state index is -2.96. The van der Waals surface area contributed by atoms with Gasteiger partial charge in [0.2, 0.25) is 0 Å². The molecule has 0 bridgehead atoms. The molecular weight excluding hydrogens is 366 g/mol. The van der Waals surface area contributed by atoms with Gasteiger partial charge in [-0.25, -0.2) is 8.42 Å². The van der Waals surface area contributed by atoms with Crippen molar-refractivity contribution in [2.45, 2.75) is 18.3 Å². The summed E-state index contributed by atoms with van der Waals surface area (Å²) in [5.74, 6) is 0.745. The van der Waals surface area contributed by atoms with E-state index in [1.165, 1.54) is 11.8 Å². The maximum Gasteiger partial charge on any atom is 0.191 e. The van der Waals surface area contributed by atoms with Crippen molar-refractivity contribution in [2.75, 3.05) is 32.1 Å². The van der Waals surface area contributed by atoms with E-state index in [2.05, 4.69) is 49.8 Å². The maximum atomic E-state index is 11.1. The van der Waals surface area contributed by atoms with Gasteiger partial charge in [-0.05, 0) is 30.5 Å². The Kier molecular flexibility index (Phi) is 5.50. The van der Waals surface area contributed by atoms with Crippen LogP contribution in [0.5, 0.6) is 0 Å². The second-order valence-corrected chi connectivity index (χ2v) is 8.95. The molecule has 1 aliphatic carbocycles. The van der Waals surface area contributed by atoms with Gasteiger partial charge in [0.05, 0.1) is 5.75 Å². The molecular formula is C15H22BrN3O2S. The molecule has 0 saturated heterocycles. The first-order valence-electron chi connectivity index (χ1n) is 7.23. The number of nitrogens with one attached hydrogen (secondary N) is 2. The van der Waals surface area contributed by atoms with Gasteiger partial charge >= 0.3 is 0 Å². The highest BCUT2D eigenvalue weighted by molar-refractivity contribution is 9.10. The van der Waals surface area contributed by atoms with E-state index in [1.54, 1.807) is 7.05 Å². The van der Waals surface area contributed by atoms with Crippen molar-refractivity contribution in [3.8, 4) is 0 Å². The predicted octanol–water partition coefficient (Wildman–Crippen LogP) is 1.69. The molecule has 2 N–H and O–H groups in total. The standard InChI is InChI=1S/C15H22BrN3O2S/c1-17-14(18-8-9-22(2,20)21)19-11-15(6-7-15)12-4-3-5-13(16)10-12/h3-5,10H,6-9,11H2,1-2H3,(H2,17,18,19). The molecule has 0 radical (unpaired) electrons. The van der Waals surface area contributed by atoms with Gasteiger partial charge in [0.15, 0.2) is 5.96 Å². The molecule has 0 heterocycles. The van der Waals surface area contributed by atoms with Crippen molar-refractivity contribution >= 4 is 31.7 Å². The maximum absolute atomic E-state index is 11.1. The second-order valence-electron chi connectivity index (χ2n) is 5.77. The lowest BCUT2D eigenvalue weighted by Gasteiger charge is -2.19. The third-order valence-corrected chi connectivity index (χ3v) is 5.31. The van der Waals surface area contributed by atoms with Crippen LogP contribution >= 0.6 is 15.9 Å². The van der Waals surface area contributed by atoms with Gasteiger partial charge in [0.25, 0.3) is 0 Å². The highest BCUT2D eigenvalue weighted by atomic mass is 79.9. The summed E-state index contributed by atoms with van der Waals surface area (Å²) in [6, 6.07) is 8.39. The molecule has 0 aliphatic heterocycles. The number of sulfone groups is 1. The van der Waals surface area contributed by atoms with E-state index in [-0.39, 0.29) is 11.2 Å². The van der Waals surface area contributed by atoms with Crippen LogP contribution in [0.25, 0.3) is 0 Å². The zero-order valence-corrected chi connectivity index (χ0v) is 15.3. The molecule has 122 valence electrons. The third kappa shape index (κ3) is 4.98. The molecule has 1 aromatic carbocycles. The van der Waals surface area contributed by atoms with Crippen molar-refractivity contribution in [2.24, 2.45) is 4.99 Å². The second kappa shape index (κ2) is 7.00. The summed E-state index contributed by atoms with van der Waals surface area (Å²) >= 11 is 3.52. The molecule has 0 atom stereocenters. The van der Waals surface area contributed by atoms with Gasteiger partial charge in [0.1, 0.15) is 9.84 Å². The van der Waals surface area contributed by atoms with Gasteiger partial charge in [-0.3, -0.25) is 4.99 Å². The zero-order chi connectivity index (χ0) is 16.2. The summed E-state index contributed by atoms with van der Waals surface area (Å²) in [4.78, 5) is 4.14. The van der Waals surface area contributed by atoms with Gasteiger partial charge in [0, 0.05) is 36.3 Å². The Hall–Kier alpha value is -1.08. The summed E-state index contributed by atoms with van der Waals surface area (Å²) in [6.45, 7) is 1.16.